The minimum absolute atomic E-state index is 0.0180. The highest BCUT2D eigenvalue weighted by atomic mass is 16.7. The van der Waals surface area contributed by atoms with Crippen molar-refractivity contribution in [2.75, 3.05) is 13.7 Å². The molecule has 0 unspecified atom stereocenters. The fraction of sp³-hybridized carbons (Fsp3) is 0.455. The van der Waals surface area contributed by atoms with Crippen molar-refractivity contribution in [1.82, 2.24) is 0 Å². The summed E-state index contributed by atoms with van der Waals surface area (Å²) >= 11 is 0. The molecule has 2 aliphatic rings. The largest absolute Gasteiger partial charge is 0.508 e. The van der Waals surface area contributed by atoms with Gasteiger partial charge in [-0.1, -0.05) is 6.07 Å². The number of phenolic OH excluding ortho intramolecular Hbond substituents is 2. The zero-order valence-electron chi connectivity index (χ0n) is 17.6. The van der Waals surface area contributed by atoms with E-state index in [1.54, 1.807) is 6.07 Å². The lowest BCUT2D eigenvalue weighted by molar-refractivity contribution is -0.277. The van der Waals surface area contributed by atoms with Crippen LogP contribution in [0.5, 0.6) is 28.7 Å². The monoisotopic (exact) mass is 466 g/mol. The predicted molar refractivity (Wildman–Crippen MR) is 110 cm³/mol. The fourth-order valence-electron chi connectivity index (χ4n) is 4.01. The predicted octanol–water partition coefficient (Wildman–Crippen LogP) is -0.678. The number of aromatic hydroxyl groups is 2. The molecule has 0 spiro atoms. The highest BCUT2D eigenvalue weighted by Gasteiger charge is 2.45. The molecule has 2 aromatic rings. The average molecular weight is 466 g/mol. The fourth-order valence-corrected chi connectivity index (χ4v) is 4.01. The molecule has 0 saturated carbocycles. The Bertz CT molecular complexity index is 995. The van der Waals surface area contributed by atoms with Crippen molar-refractivity contribution in [3.8, 4) is 28.7 Å². The number of hydrogen-bond acceptors (Lipinski definition) is 11. The number of rotatable bonds is 5. The molecule has 180 valence electrons. The van der Waals surface area contributed by atoms with Crippen LogP contribution in [-0.4, -0.2) is 86.3 Å². The molecule has 0 aliphatic carbocycles. The van der Waals surface area contributed by atoms with Gasteiger partial charge in [-0.2, -0.15) is 0 Å². The molecule has 0 amide bonds. The van der Waals surface area contributed by atoms with E-state index in [9.17, 15) is 35.7 Å². The molecular weight excluding hydrogens is 440 g/mol. The summed E-state index contributed by atoms with van der Waals surface area (Å²) in [7, 11) is 1.41. The SMILES string of the molecule is COc1ccc([C@H]2Oc3cc(O)cc(O[C@@H]4O[C@H](CO)[C@H](O)[C@H](O)[C@H]4O)c3C[C@H]2O)cc1O. The van der Waals surface area contributed by atoms with Crippen molar-refractivity contribution >= 4 is 0 Å². The van der Waals surface area contributed by atoms with Gasteiger partial charge >= 0.3 is 0 Å². The van der Waals surface area contributed by atoms with E-state index in [4.69, 9.17) is 18.9 Å². The molecule has 0 aromatic heterocycles. The maximum Gasteiger partial charge on any atom is 0.229 e. The topological polar surface area (TPSA) is 179 Å². The van der Waals surface area contributed by atoms with Gasteiger partial charge in [-0.25, -0.2) is 0 Å². The maximum atomic E-state index is 10.8. The van der Waals surface area contributed by atoms with Gasteiger partial charge in [0.05, 0.1) is 19.8 Å². The normalized spacial score (nSPS) is 31.4. The first kappa shape index (κ1) is 23.4. The molecule has 7 N–H and O–H groups in total. The summed E-state index contributed by atoms with van der Waals surface area (Å²) in [6, 6.07) is 7.14. The number of benzene rings is 2. The summed E-state index contributed by atoms with van der Waals surface area (Å²) < 4.78 is 22.0. The van der Waals surface area contributed by atoms with E-state index in [1.165, 1.54) is 31.4 Å². The van der Waals surface area contributed by atoms with E-state index in [1.807, 2.05) is 0 Å². The van der Waals surface area contributed by atoms with Gasteiger partial charge in [0.25, 0.3) is 0 Å². The summed E-state index contributed by atoms with van der Waals surface area (Å²) in [6.45, 7) is -0.624. The first-order valence-electron chi connectivity index (χ1n) is 10.3. The van der Waals surface area contributed by atoms with Crippen LogP contribution >= 0.6 is 0 Å². The van der Waals surface area contributed by atoms with Crippen LogP contribution in [0.15, 0.2) is 30.3 Å². The van der Waals surface area contributed by atoms with Crippen LogP contribution in [0.2, 0.25) is 0 Å². The molecule has 1 saturated heterocycles. The zero-order chi connectivity index (χ0) is 23.9. The molecule has 1 fully saturated rings. The molecule has 0 bridgehead atoms. The van der Waals surface area contributed by atoms with Crippen molar-refractivity contribution < 1.29 is 54.7 Å². The van der Waals surface area contributed by atoms with Gasteiger partial charge in [0.15, 0.2) is 11.5 Å². The van der Waals surface area contributed by atoms with Gasteiger partial charge in [-0.15, -0.1) is 0 Å². The summed E-state index contributed by atoms with van der Waals surface area (Å²) in [5.41, 5.74) is 0.845. The van der Waals surface area contributed by atoms with Crippen LogP contribution < -0.4 is 14.2 Å². The molecule has 2 aliphatic heterocycles. The number of fused-ring (bicyclic) bond motifs is 1. The zero-order valence-corrected chi connectivity index (χ0v) is 17.6. The lowest BCUT2D eigenvalue weighted by atomic mass is 9.93. The Balaban J connectivity index is 1.61. The number of phenols is 2. The van der Waals surface area contributed by atoms with E-state index >= 15 is 0 Å². The van der Waals surface area contributed by atoms with Crippen LogP contribution in [0.1, 0.15) is 17.2 Å². The van der Waals surface area contributed by atoms with Crippen molar-refractivity contribution in [3.63, 3.8) is 0 Å². The van der Waals surface area contributed by atoms with Gasteiger partial charge in [0, 0.05) is 24.1 Å². The summed E-state index contributed by atoms with van der Waals surface area (Å²) in [4.78, 5) is 0. The van der Waals surface area contributed by atoms with E-state index in [0.29, 0.717) is 11.1 Å². The second-order valence-electron chi connectivity index (χ2n) is 7.98. The summed E-state index contributed by atoms with van der Waals surface area (Å²) in [5, 5.41) is 70.5. The van der Waals surface area contributed by atoms with Crippen LogP contribution in [0.3, 0.4) is 0 Å². The molecule has 2 aromatic carbocycles. The van der Waals surface area contributed by atoms with Crippen molar-refractivity contribution in [1.29, 1.82) is 0 Å². The van der Waals surface area contributed by atoms with Gasteiger partial charge in [-0.05, 0) is 17.7 Å². The highest BCUT2D eigenvalue weighted by molar-refractivity contribution is 5.53. The number of hydrogen-bond donors (Lipinski definition) is 7. The van der Waals surface area contributed by atoms with Crippen LogP contribution in [0, 0.1) is 0 Å². The third-order valence-corrected chi connectivity index (χ3v) is 5.79. The summed E-state index contributed by atoms with van der Waals surface area (Å²) in [5.74, 6) is 0.113. The molecule has 2 heterocycles. The molecule has 33 heavy (non-hydrogen) atoms. The smallest absolute Gasteiger partial charge is 0.229 e. The number of methoxy groups -OCH3 is 1. The lowest BCUT2D eigenvalue weighted by Gasteiger charge is -2.40. The Morgan fingerprint density at radius 1 is 0.970 bits per heavy atom. The van der Waals surface area contributed by atoms with Crippen molar-refractivity contribution in [2.45, 2.75) is 49.3 Å². The van der Waals surface area contributed by atoms with E-state index in [0.717, 1.165) is 0 Å². The van der Waals surface area contributed by atoms with Crippen LogP contribution in [0.25, 0.3) is 0 Å². The van der Waals surface area contributed by atoms with Gasteiger partial charge in [-0.3, -0.25) is 0 Å². The Morgan fingerprint density at radius 3 is 2.39 bits per heavy atom. The number of ether oxygens (including phenoxy) is 4. The number of aliphatic hydroxyl groups excluding tert-OH is 5. The van der Waals surface area contributed by atoms with E-state index in [2.05, 4.69) is 0 Å². The Hall–Kier alpha value is -2.80. The van der Waals surface area contributed by atoms with E-state index in [-0.39, 0.29) is 35.2 Å². The summed E-state index contributed by atoms with van der Waals surface area (Å²) in [6.07, 6.45) is -9.37. The Morgan fingerprint density at radius 2 is 1.73 bits per heavy atom. The molecule has 11 nitrogen and oxygen atoms in total. The standard InChI is InChI=1S/C22H26O11/c1-30-14-3-2-9(4-12(14)25)21-13(26)7-11-15(31-21)5-10(24)6-16(11)32-22-20(29)19(28)18(27)17(8-23)33-22/h2-6,13,17-29H,7-8H2,1H3/t13-,17-,18+,19+,20-,21-,22-/m1/s1. The Kier molecular flexibility index (Phi) is 6.52. The van der Waals surface area contributed by atoms with Gasteiger partial charge < -0.3 is 54.7 Å². The second-order valence-corrected chi connectivity index (χ2v) is 7.98. The third-order valence-electron chi connectivity index (χ3n) is 5.79. The molecular formula is C22H26O11. The lowest BCUT2D eigenvalue weighted by Crippen LogP contribution is -2.60. The minimum Gasteiger partial charge on any atom is -0.508 e. The van der Waals surface area contributed by atoms with Crippen molar-refractivity contribution in [3.05, 3.63) is 41.5 Å². The quantitative estimate of drug-likeness (QED) is 0.297. The first-order chi connectivity index (χ1) is 15.7. The third kappa shape index (κ3) is 4.38. The molecule has 7 atom stereocenters. The average Bonchev–Trinajstić information content (AvgIpc) is 2.79. The van der Waals surface area contributed by atoms with Gasteiger partial charge in [0.1, 0.15) is 47.8 Å². The van der Waals surface area contributed by atoms with E-state index < -0.39 is 49.5 Å². The molecule has 4 rings (SSSR count). The first-order valence-corrected chi connectivity index (χ1v) is 10.3. The second kappa shape index (κ2) is 9.21. The maximum absolute atomic E-state index is 10.8. The highest BCUT2D eigenvalue weighted by Crippen LogP contribution is 2.44. The number of aliphatic hydroxyl groups is 5. The molecule has 0 radical (unpaired) electrons. The van der Waals surface area contributed by atoms with Crippen LogP contribution in [0.4, 0.5) is 0 Å². The minimum atomic E-state index is -1.65. The van der Waals surface area contributed by atoms with Crippen molar-refractivity contribution in [2.24, 2.45) is 0 Å². The Labute approximate surface area is 188 Å². The van der Waals surface area contributed by atoms with Crippen LogP contribution in [-0.2, 0) is 11.2 Å². The molecule has 11 heteroatoms. The van der Waals surface area contributed by atoms with Gasteiger partial charge in [0.2, 0.25) is 6.29 Å².